The van der Waals surface area contributed by atoms with E-state index in [1.165, 1.54) is 0 Å². The van der Waals surface area contributed by atoms with Gasteiger partial charge in [-0.05, 0) is 24.3 Å². The molecule has 1 N–H and O–H groups in total. The number of rotatable bonds is 5. The molecule has 0 saturated carbocycles. The molecule has 4 heteroatoms. The number of hydrogen-bond donors (Lipinski definition) is 1. The van der Waals surface area contributed by atoms with Crippen LogP contribution >= 0.6 is 0 Å². The van der Waals surface area contributed by atoms with Crippen molar-refractivity contribution in [3.63, 3.8) is 0 Å². The SMILES string of the molecule is CC/C(=C\C=C/c1cn(C)cc1-c1cc2cccnc2[nH]1)OC. The zero-order valence-electron chi connectivity index (χ0n) is 13.7. The van der Waals surface area contributed by atoms with Crippen LogP contribution in [0.15, 0.2) is 54.7 Å². The van der Waals surface area contributed by atoms with Crippen molar-refractivity contribution in [1.29, 1.82) is 0 Å². The zero-order chi connectivity index (χ0) is 16.2. The first-order valence-electron chi connectivity index (χ1n) is 7.72. The van der Waals surface area contributed by atoms with E-state index in [2.05, 4.69) is 52.1 Å². The number of ether oxygens (including phenoxy) is 1. The van der Waals surface area contributed by atoms with Gasteiger partial charge in [0.2, 0.25) is 0 Å². The first-order chi connectivity index (χ1) is 11.2. The van der Waals surface area contributed by atoms with Gasteiger partial charge in [-0.3, -0.25) is 0 Å². The lowest BCUT2D eigenvalue weighted by atomic mass is 10.1. The fraction of sp³-hybridized carbons (Fsp3) is 0.211. The smallest absolute Gasteiger partial charge is 0.137 e. The highest BCUT2D eigenvalue weighted by Crippen LogP contribution is 2.27. The number of aryl methyl sites for hydroxylation is 1. The second-order valence-corrected chi connectivity index (χ2v) is 5.47. The van der Waals surface area contributed by atoms with Crippen LogP contribution in [0, 0.1) is 0 Å². The van der Waals surface area contributed by atoms with Gasteiger partial charge in [0.1, 0.15) is 5.65 Å². The number of aromatic amines is 1. The van der Waals surface area contributed by atoms with Crippen LogP contribution in [0.25, 0.3) is 28.4 Å². The van der Waals surface area contributed by atoms with Crippen molar-refractivity contribution in [2.24, 2.45) is 7.05 Å². The Morgan fingerprint density at radius 2 is 2.26 bits per heavy atom. The van der Waals surface area contributed by atoms with E-state index in [-0.39, 0.29) is 0 Å². The first kappa shape index (κ1) is 15.2. The molecule has 0 aliphatic carbocycles. The average Bonchev–Trinajstić information content (AvgIpc) is 3.14. The average molecular weight is 307 g/mol. The third-order valence-corrected chi connectivity index (χ3v) is 3.84. The zero-order valence-corrected chi connectivity index (χ0v) is 13.7. The highest BCUT2D eigenvalue weighted by atomic mass is 16.5. The van der Waals surface area contributed by atoms with Crippen molar-refractivity contribution in [1.82, 2.24) is 14.5 Å². The maximum Gasteiger partial charge on any atom is 0.137 e. The minimum atomic E-state index is 0.885. The number of allylic oxidation sites excluding steroid dienone is 3. The molecule has 0 spiro atoms. The Kier molecular flexibility index (Phi) is 4.33. The number of hydrogen-bond acceptors (Lipinski definition) is 2. The van der Waals surface area contributed by atoms with E-state index >= 15 is 0 Å². The van der Waals surface area contributed by atoms with Crippen molar-refractivity contribution in [2.75, 3.05) is 7.11 Å². The summed E-state index contributed by atoms with van der Waals surface area (Å²) in [5.41, 5.74) is 4.30. The van der Waals surface area contributed by atoms with E-state index in [1.807, 2.05) is 25.3 Å². The second-order valence-electron chi connectivity index (χ2n) is 5.47. The molecule has 3 rings (SSSR count). The molecule has 3 aromatic heterocycles. The van der Waals surface area contributed by atoms with Crippen LogP contribution in [0.2, 0.25) is 0 Å². The highest BCUT2D eigenvalue weighted by molar-refractivity contribution is 5.85. The number of nitrogens with one attached hydrogen (secondary N) is 1. The molecule has 0 unspecified atom stereocenters. The van der Waals surface area contributed by atoms with Gasteiger partial charge in [0, 0.05) is 54.3 Å². The molecular formula is C19H21N3O. The number of methoxy groups -OCH3 is 1. The molecule has 0 atom stereocenters. The quantitative estimate of drug-likeness (QED) is 0.556. The van der Waals surface area contributed by atoms with Crippen molar-refractivity contribution in [3.05, 3.63) is 60.3 Å². The molecule has 118 valence electrons. The highest BCUT2D eigenvalue weighted by Gasteiger charge is 2.09. The Morgan fingerprint density at radius 1 is 1.39 bits per heavy atom. The molecule has 0 aliphatic rings. The minimum Gasteiger partial charge on any atom is -0.501 e. The minimum absolute atomic E-state index is 0.885. The van der Waals surface area contributed by atoms with Crippen LogP contribution < -0.4 is 0 Å². The van der Waals surface area contributed by atoms with E-state index < -0.39 is 0 Å². The predicted octanol–water partition coefficient (Wildman–Crippen LogP) is 4.52. The van der Waals surface area contributed by atoms with Gasteiger partial charge >= 0.3 is 0 Å². The lowest BCUT2D eigenvalue weighted by molar-refractivity contribution is 0.281. The standard InChI is InChI=1S/C19H21N3O/c1-4-16(23-3)9-5-7-15-12-22(2)13-17(15)18-11-14-8-6-10-20-19(14)21-18/h5-13H,4H2,1-3H3,(H,20,21)/b7-5-,16-9+. The predicted molar refractivity (Wildman–Crippen MR) is 94.9 cm³/mol. The number of aromatic nitrogens is 3. The van der Waals surface area contributed by atoms with Gasteiger partial charge in [0.05, 0.1) is 12.9 Å². The van der Waals surface area contributed by atoms with E-state index in [0.717, 1.165) is 40.0 Å². The van der Waals surface area contributed by atoms with Crippen LogP contribution in [-0.2, 0) is 11.8 Å². The maximum atomic E-state index is 5.29. The summed E-state index contributed by atoms with van der Waals surface area (Å²) in [4.78, 5) is 7.75. The van der Waals surface area contributed by atoms with E-state index in [9.17, 15) is 0 Å². The molecule has 3 heterocycles. The van der Waals surface area contributed by atoms with E-state index in [4.69, 9.17) is 4.74 Å². The normalized spacial score (nSPS) is 12.4. The maximum absolute atomic E-state index is 5.29. The largest absolute Gasteiger partial charge is 0.501 e. The molecule has 0 aliphatic heterocycles. The molecule has 0 bridgehead atoms. The number of pyridine rings is 1. The molecule has 23 heavy (non-hydrogen) atoms. The van der Waals surface area contributed by atoms with Crippen LogP contribution in [0.3, 0.4) is 0 Å². The summed E-state index contributed by atoms with van der Waals surface area (Å²) in [7, 11) is 3.73. The monoisotopic (exact) mass is 307 g/mol. The Morgan fingerprint density at radius 3 is 3.00 bits per heavy atom. The van der Waals surface area contributed by atoms with E-state index in [1.54, 1.807) is 13.3 Å². The number of nitrogens with zero attached hydrogens (tertiary/aromatic N) is 2. The van der Waals surface area contributed by atoms with Crippen molar-refractivity contribution in [2.45, 2.75) is 13.3 Å². The molecular weight excluding hydrogens is 286 g/mol. The van der Waals surface area contributed by atoms with Crippen LogP contribution in [0.4, 0.5) is 0 Å². The first-order valence-corrected chi connectivity index (χ1v) is 7.72. The summed E-state index contributed by atoms with van der Waals surface area (Å²) in [5, 5.41) is 1.12. The lowest BCUT2D eigenvalue weighted by Gasteiger charge is -1.99. The molecule has 0 amide bonds. The van der Waals surface area contributed by atoms with E-state index in [0.29, 0.717) is 0 Å². The Balaban J connectivity index is 1.97. The fourth-order valence-corrected chi connectivity index (χ4v) is 2.65. The molecule has 0 saturated heterocycles. The Hall–Kier alpha value is -2.75. The van der Waals surface area contributed by atoms with Gasteiger partial charge in [0.25, 0.3) is 0 Å². The number of H-pyrrole nitrogens is 1. The number of fused-ring (bicyclic) bond motifs is 1. The third-order valence-electron chi connectivity index (χ3n) is 3.84. The lowest BCUT2D eigenvalue weighted by Crippen LogP contribution is -1.82. The fourth-order valence-electron chi connectivity index (χ4n) is 2.65. The summed E-state index contributed by atoms with van der Waals surface area (Å²) in [6.45, 7) is 2.08. The van der Waals surface area contributed by atoms with Gasteiger partial charge < -0.3 is 14.3 Å². The molecule has 3 aromatic rings. The third kappa shape index (κ3) is 3.21. The summed E-state index contributed by atoms with van der Waals surface area (Å²) in [5.74, 6) is 0.966. The summed E-state index contributed by atoms with van der Waals surface area (Å²) in [6.07, 6.45) is 13.0. The van der Waals surface area contributed by atoms with Crippen molar-refractivity contribution >= 4 is 17.1 Å². The Bertz CT molecular complexity index is 829. The van der Waals surface area contributed by atoms with Crippen molar-refractivity contribution in [3.8, 4) is 11.3 Å². The molecule has 4 nitrogen and oxygen atoms in total. The summed E-state index contributed by atoms with van der Waals surface area (Å²) < 4.78 is 7.35. The molecule has 0 fully saturated rings. The van der Waals surface area contributed by atoms with Gasteiger partial charge in [-0.25, -0.2) is 4.98 Å². The van der Waals surface area contributed by atoms with Gasteiger partial charge in [-0.15, -0.1) is 0 Å². The van der Waals surface area contributed by atoms with Gasteiger partial charge in [-0.1, -0.05) is 19.1 Å². The summed E-state index contributed by atoms with van der Waals surface area (Å²) >= 11 is 0. The topological polar surface area (TPSA) is 42.8 Å². The van der Waals surface area contributed by atoms with Gasteiger partial charge in [0.15, 0.2) is 0 Å². The van der Waals surface area contributed by atoms with Crippen LogP contribution in [0.1, 0.15) is 18.9 Å². The molecule has 0 radical (unpaired) electrons. The van der Waals surface area contributed by atoms with Crippen LogP contribution in [0.5, 0.6) is 0 Å². The van der Waals surface area contributed by atoms with Crippen LogP contribution in [-0.4, -0.2) is 21.6 Å². The molecule has 0 aromatic carbocycles. The second kappa shape index (κ2) is 6.57. The Labute approximate surface area is 136 Å². The van der Waals surface area contributed by atoms with Crippen molar-refractivity contribution < 1.29 is 4.74 Å². The van der Waals surface area contributed by atoms with Gasteiger partial charge in [-0.2, -0.15) is 0 Å². The summed E-state index contributed by atoms with van der Waals surface area (Å²) in [6, 6.07) is 6.15.